The van der Waals surface area contributed by atoms with Crippen molar-refractivity contribution < 1.29 is 8.42 Å². The summed E-state index contributed by atoms with van der Waals surface area (Å²) in [6.07, 6.45) is 2.11. The summed E-state index contributed by atoms with van der Waals surface area (Å²) in [7, 11) is -3.39. The molecular formula is C16H26N2O2S. The van der Waals surface area contributed by atoms with E-state index in [1.807, 2.05) is 32.9 Å². The summed E-state index contributed by atoms with van der Waals surface area (Å²) >= 11 is 0. The lowest BCUT2D eigenvalue weighted by Gasteiger charge is -2.29. The molecule has 1 fully saturated rings. The van der Waals surface area contributed by atoms with Crippen LogP contribution in [0, 0.1) is 19.8 Å². The largest absolute Gasteiger partial charge is 0.317 e. The van der Waals surface area contributed by atoms with Crippen LogP contribution in [0.4, 0.5) is 0 Å². The Hall–Kier alpha value is -0.910. The summed E-state index contributed by atoms with van der Waals surface area (Å²) in [5.41, 5.74) is 1.81. The Morgan fingerprint density at radius 3 is 2.52 bits per heavy atom. The highest BCUT2D eigenvalue weighted by molar-refractivity contribution is 7.89. The maximum Gasteiger partial charge on any atom is 0.243 e. The van der Waals surface area contributed by atoms with Gasteiger partial charge in [0.25, 0.3) is 0 Å². The molecule has 1 aliphatic rings. The number of piperidine rings is 1. The van der Waals surface area contributed by atoms with Gasteiger partial charge in [0.2, 0.25) is 10.0 Å². The zero-order valence-electron chi connectivity index (χ0n) is 13.2. The van der Waals surface area contributed by atoms with E-state index in [0.29, 0.717) is 23.9 Å². The summed E-state index contributed by atoms with van der Waals surface area (Å²) in [5.74, 6) is 0.464. The molecule has 0 atom stereocenters. The Morgan fingerprint density at radius 2 is 1.90 bits per heavy atom. The molecule has 1 aliphatic heterocycles. The first-order valence-corrected chi connectivity index (χ1v) is 9.17. The molecule has 0 bridgehead atoms. The van der Waals surface area contributed by atoms with Gasteiger partial charge in [0.1, 0.15) is 0 Å². The molecule has 1 N–H and O–H groups in total. The van der Waals surface area contributed by atoms with Crippen molar-refractivity contribution in [1.82, 2.24) is 9.62 Å². The molecule has 0 amide bonds. The standard InChI is InChI=1S/C16H26N2O2S/c1-4-18(12-15-7-9-17-10-8-15)21(19,20)16-11-13(2)5-6-14(16)3/h5-6,11,15,17H,4,7-10,12H2,1-3H3. The van der Waals surface area contributed by atoms with Crippen molar-refractivity contribution in [3.8, 4) is 0 Å². The lowest BCUT2D eigenvalue weighted by atomic mass is 9.98. The predicted octanol–water partition coefficient (Wildman–Crippen LogP) is 2.31. The minimum absolute atomic E-state index is 0.457. The van der Waals surface area contributed by atoms with Crippen LogP contribution in [0.2, 0.25) is 0 Å². The number of nitrogens with one attached hydrogen (secondary N) is 1. The number of sulfonamides is 1. The molecule has 0 aromatic heterocycles. The highest BCUT2D eigenvalue weighted by atomic mass is 32.2. The molecule has 5 heteroatoms. The van der Waals surface area contributed by atoms with Crippen molar-refractivity contribution in [2.45, 2.75) is 38.5 Å². The minimum atomic E-state index is -3.39. The van der Waals surface area contributed by atoms with Crippen molar-refractivity contribution in [2.24, 2.45) is 5.92 Å². The average molecular weight is 310 g/mol. The third-order valence-corrected chi connectivity index (χ3v) is 6.32. The molecule has 21 heavy (non-hydrogen) atoms. The van der Waals surface area contributed by atoms with E-state index in [4.69, 9.17) is 0 Å². The van der Waals surface area contributed by atoms with Crippen LogP contribution in [-0.2, 0) is 10.0 Å². The van der Waals surface area contributed by atoms with Gasteiger partial charge in [0, 0.05) is 13.1 Å². The van der Waals surface area contributed by atoms with Crippen molar-refractivity contribution >= 4 is 10.0 Å². The number of hydrogen-bond acceptors (Lipinski definition) is 3. The summed E-state index contributed by atoms with van der Waals surface area (Å²) < 4.78 is 27.5. The van der Waals surface area contributed by atoms with Gasteiger partial charge in [-0.3, -0.25) is 0 Å². The van der Waals surface area contributed by atoms with E-state index in [2.05, 4.69) is 5.32 Å². The fraction of sp³-hybridized carbons (Fsp3) is 0.625. The summed E-state index contributed by atoms with van der Waals surface area (Å²) in [6.45, 7) is 8.86. The molecule has 1 heterocycles. The molecular weight excluding hydrogens is 284 g/mol. The van der Waals surface area contributed by atoms with Crippen molar-refractivity contribution in [3.63, 3.8) is 0 Å². The monoisotopic (exact) mass is 310 g/mol. The van der Waals surface area contributed by atoms with Gasteiger partial charge in [-0.2, -0.15) is 4.31 Å². The molecule has 0 aliphatic carbocycles. The number of nitrogens with zero attached hydrogens (tertiary/aromatic N) is 1. The molecule has 1 aromatic rings. The molecule has 2 rings (SSSR count). The van der Waals surface area contributed by atoms with Gasteiger partial charge >= 0.3 is 0 Å². The lowest BCUT2D eigenvalue weighted by Crippen LogP contribution is -2.39. The van der Waals surface area contributed by atoms with Gasteiger partial charge in [-0.1, -0.05) is 19.1 Å². The van der Waals surface area contributed by atoms with Crippen molar-refractivity contribution in [1.29, 1.82) is 0 Å². The second-order valence-corrected chi connectivity index (χ2v) is 7.82. The van der Waals surface area contributed by atoms with Crippen LogP contribution >= 0.6 is 0 Å². The molecule has 0 saturated carbocycles. The highest BCUT2D eigenvalue weighted by Crippen LogP contribution is 2.23. The van der Waals surface area contributed by atoms with Crippen molar-refractivity contribution in [3.05, 3.63) is 29.3 Å². The topological polar surface area (TPSA) is 49.4 Å². The Labute approximate surface area is 128 Å². The predicted molar refractivity (Wildman–Crippen MR) is 85.9 cm³/mol. The van der Waals surface area contributed by atoms with Crippen LogP contribution in [0.15, 0.2) is 23.1 Å². The van der Waals surface area contributed by atoms with E-state index in [1.165, 1.54) is 0 Å². The maximum atomic E-state index is 12.9. The van der Waals surface area contributed by atoms with Crippen LogP contribution in [0.3, 0.4) is 0 Å². The Kier molecular flexibility index (Phi) is 5.41. The van der Waals surface area contributed by atoms with Crippen LogP contribution in [-0.4, -0.2) is 38.9 Å². The zero-order chi connectivity index (χ0) is 15.5. The van der Waals surface area contributed by atoms with E-state index < -0.39 is 10.0 Å². The van der Waals surface area contributed by atoms with E-state index in [1.54, 1.807) is 10.4 Å². The number of hydrogen-bond donors (Lipinski definition) is 1. The van der Waals surface area contributed by atoms with E-state index >= 15 is 0 Å². The van der Waals surface area contributed by atoms with Gasteiger partial charge in [-0.25, -0.2) is 8.42 Å². The van der Waals surface area contributed by atoms with Gasteiger partial charge in [0.15, 0.2) is 0 Å². The van der Waals surface area contributed by atoms with Gasteiger partial charge in [-0.15, -0.1) is 0 Å². The zero-order valence-corrected chi connectivity index (χ0v) is 14.0. The first-order valence-electron chi connectivity index (χ1n) is 7.73. The van der Waals surface area contributed by atoms with Crippen LogP contribution in [0.1, 0.15) is 30.9 Å². The molecule has 0 radical (unpaired) electrons. The van der Waals surface area contributed by atoms with Gasteiger partial charge in [-0.05, 0) is 62.9 Å². The Morgan fingerprint density at radius 1 is 1.24 bits per heavy atom. The summed E-state index contributed by atoms with van der Waals surface area (Å²) in [5, 5.41) is 3.33. The third-order valence-electron chi connectivity index (χ3n) is 4.23. The number of rotatable bonds is 5. The summed E-state index contributed by atoms with van der Waals surface area (Å²) in [6, 6.07) is 5.63. The fourth-order valence-corrected chi connectivity index (χ4v) is 4.71. The number of aryl methyl sites for hydroxylation is 2. The van der Waals surface area contributed by atoms with E-state index in [0.717, 1.165) is 37.1 Å². The smallest absolute Gasteiger partial charge is 0.243 e. The van der Waals surface area contributed by atoms with Crippen LogP contribution in [0.25, 0.3) is 0 Å². The molecule has 118 valence electrons. The molecule has 0 unspecified atom stereocenters. The first kappa shape index (κ1) is 16.5. The Balaban J connectivity index is 2.24. The van der Waals surface area contributed by atoms with Crippen LogP contribution in [0.5, 0.6) is 0 Å². The number of benzene rings is 1. The Bertz CT molecular complexity index is 578. The second-order valence-electron chi connectivity index (χ2n) is 5.92. The minimum Gasteiger partial charge on any atom is -0.317 e. The molecule has 0 spiro atoms. The normalized spacial score (nSPS) is 17.3. The molecule has 1 aromatic carbocycles. The van der Waals surface area contributed by atoms with Gasteiger partial charge in [0.05, 0.1) is 4.90 Å². The SMILES string of the molecule is CCN(CC1CCNCC1)S(=O)(=O)c1cc(C)ccc1C. The average Bonchev–Trinajstić information content (AvgIpc) is 2.48. The maximum absolute atomic E-state index is 12.9. The first-order chi connectivity index (χ1) is 9.95. The molecule has 1 saturated heterocycles. The highest BCUT2D eigenvalue weighted by Gasteiger charge is 2.27. The third kappa shape index (κ3) is 3.84. The van der Waals surface area contributed by atoms with E-state index in [-0.39, 0.29) is 0 Å². The second kappa shape index (κ2) is 6.90. The lowest BCUT2D eigenvalue weighted by molar-refractivity contribution is 0.294. The van der Waals surface area contributed by atoms with E-state index in [9.17, 15) is 8.42 Å². The summed E-state index contributed by atoms with van der Waals surface area (Å²) in [4.78, 5) is 0.457. The molecule has 4 nitrogen and oxygen atoms in total. The van der Waals surface area contributed by atoms with Crippen LogP contribution < -0.4 is 5.32 Å². The quantitative estimate of drug-likeness (QED) is 0.908. The van der Waals surface area contributed by atoms with Crippen molar-refractivity contribution in [2.75, 3.05) is 26.2 Å². The fourth-order valence-electron chi connectivity index (χ4n) is 2.87. The van der Waals surface area contributed by atoms with Gasteiger partial charge < -0.3 is 5.32 Å².